The van der Waals surface area contributed by atoms with E-state index in [4.69, 9.17) is 17.3 Å². The molecule has 0 spiro atoms. The van der Waals surface area contributed by atoms with Crippen LogP contribution in [0.5, 0.6) is 0 Å². The minimum absolute atomic E-state index is 0.0594. The second-order valence-corrected chi connectivity index (χ2v) is 5.35. The monoisotopic (exact) mass is 271 g/mol. The predicted octanol–water partition coefficient (Wildman–Crippen LogP) is 4.57. The highest BCUT2D eigenvalue weighted by Gasteiger charge is 2.18. The lowest BCUT2D eigenvalue weighted by Crippen LogP contribution is -2.32. The second-order valence-electron chi connectivity index (χ2n) is 4.94. The fourth-order valence-corrected chi connectivity index (χ4v) is 2.63. The molecule has 1 unspecified atom stereocenters. The van der Waals surface area contributed by atoms with Gasteiger partial charge in [0.05, 0.1) is 0 Å². The number of hydrogen-bond donors (Lipinski definition) is 1. The molecule has 0 saturated carbocycles. The van der Waals surface area contributed by atoms with E-state index in [1.165, 1.54) is 12.1 Å². The van der Waals surface area contributed by atoms with Crippen molar-refractivity contribution in [3.8, 4) is 0 Å². The third-order valence-electron chi connectivity index (χ3n) is 3.39. The third kappa shape index (κ3) is 4.58. The molecule has 0 aliphatic heterocycles. The van der Waals surface area contributed by atoms with Gasteiger partial charge in [0, 0.05) is 11.1 Å². The lowest BCUT2D eigenvalue weighted by atomic mass is 9.87. The Hall–Kier alpha value is -0.600. The molecule has 0 aliphatic carbocycles. The van der Waals surface area contributed by atoms with E-state index in [0.29, 0.717) is 17.4 Å². The van der Waals surface area contributed by atoms with Gasteiger partial charge in [-0.05, 0) is 48.9 Å². The van der Waals surface area contributed by atoms with Crippen LogP contribution >= 0.6 is 11.6 Å². The van der Waals surface area contributed by atoms with Gasteiger partial charge in [-0.15, -0.1) is 0 Å². The van der Waals surface area contributed by atoms with Crippen LogP contribution in [0.3, 0.4) is 0 Å². The SMILES string of the molecule is CCCC(CCC)C(N)Cc1cc(F)ccc1Cl. The van der Waals surface area contributed by atoms with Crippen molar-refractivity contribution in [3.63, 3.8) is 0 Å². The smallest absolute Gasteiger partial charge is 0.123 e. The molecule has 1 rings (SSSR count). The molecule has 0 fully saturated rings. The summed E-state index contributed by atoms with van der Waals surface area (Å²) in [5.41, 5.74) is 7.08. The van der Waals surface area contributed by atoms with Crippen LogP contribution < -0.4 is 5.73 Å². The average molecular weight is 272 g/mol. The first-order valence-electron chi connectivity index (χ1n) is 6.78. The minimum Gasteiger partial charge on any atom is -0.327 e. The van der Waals surface area contributed by atoms with E-state index in [2.05, 4.69) is 13.8 Å². The van der Waals surface area contributed by atoms with E-state index < -0.39 is 0 Å². The summed E-state index contributed by atoms with van der Waals surface area (Å²) in [5.74, 6) is 0.253. The fourth-order valence-electron chi connectivity index (χ4n) is 2.43. The van der Waals surface area contributed by atoms with Crippen molar-refractivity contribution >= 4 is 11.6 Å². The molecule has 0 amide bonds. The molecule has 0 aliphatic rings. The van der Waals surface area contributed by atoms with Crippen LogP contribution in [0, 0.1) is 11.7 Å². The van der Waals surface area contributed by atoms with E-state index >= 15 is 0 Å². The largest absolute Gasteiger partial charge is 0.327 e. The Morgan fingerprint density at radius 3 is 2.39 bits per heavy atom. The molecule has 1 aromatic rings. The molecule has 1 atom stereocenters. The Balaban J connectivity index is 2.71. The van der Waals surface area contributed by atoms with Crippen molar-refractivity contribution in [1.29, 1.82) is 0 Å². The highest BCUT2D eigenvalue weighted by Crippen LogP contribution is 2.23. The van der Waals surface area contributed by atoms with Crippen LogP contribution in [-0.4, -0.2) is 6.04 Å². The normalized spacial score (nSPS) is 13.0. The van der Waals surface area contributed by atoms with Gasteiger partial charge in [-0.3, -0.25) is 0 Å². The maximum absolute atomic E-state index is 13.2. The van der Waals surface area contributed by atoms with Crippen molar-refractivity contribution in [2.24, 2.45) is 11.7 Å². The molecule has 2 N–H and O–H groups in total. The zero-order valence-corrected chi connectivity index (χ0v) is 12.0. The van der Waals surface area contributed by atoms with E-state index in [-0.39, 0.29) is 11.9 Å². The molecule has 0 saturated heterocycles. The number of hydrogen-bond acceptors (Lipinski definition) is 1. The lowest BCUT2D eigenvalue weighted by Gasteiger charge is -2.23. The van der Waals surface area contributed by atoms with Crippen LogP contribution in [0.25, 0.3) is 0 Å². The summed E-state index contributed by atoms with van der Waals surface area (Å²) in [4.78, 5) is 0. The van der Waals surface area contributed by atoms with E-state index in [0.717, 1.165) is 31.2 Å². The van der Waals surface area contributed by atoms with Crippen LogP contribution in [0.2, 0.25) is 5.02 Å². The van der Waals surface area contributed by atoms with Gasteiger partial charge in [0.25, 0.3) is 0 Å². The highest BCUT2D eigenvalue weighted by atomic mass is 35.5. The van der Waals surface area contributed by atoms with Crippen LogP contribution in [0.4, 0.5) is 4.39 Å². The standard InChI is InChI=1S/C15H23ClFN/c1-3-5-11(6-4-2)15(18)10-12-9-13(17)7-8-14(12)16/h7-9,11,15H,3-6,10,18H2,1-2H3. The Morgan fingerprint density at radius 1 is 1.22 bits per heavy atom. The molecule has 3 heteroatoms. The van der Waals surface area contributed by atoms with Gasteiger partial charge in [0.2, 0.25) is 0 Å². The summed E-state index contributed by atoms with van der Waals surface area (Å²) < 4.78 is 13.2. The Bertz CT molecular complexity index is 362. The van der Waals surface area contributed by atoms with Gasteiger partial charge in [-0.25, -0.2) is 4.39 Å². The molecule has 0 heterocycles. The van der Waals surface area contributed by atoms with Crippen LogP contribution in [0.15, 0.2) is 18.2 Å². The maximum Gasteiger partial charge on any atom is 0.123 e. The Morgan fingerprint density at radius 2 is 1.83 bits per heavy atom. The molecule has 0 aromatic heterocycles. The van der Waals surface area contributed by atoms with Gasteiger partial charge in [-0.1, -0.05) is 38.3 Å². The fraction of sp³-hybridized carbons (Fsp3) is 0.600. The first-order valence-corrected chi connectivity index (χ1v) is 7.15. The van der Waals surface area contributed by atoms with Gasteiger partial charge in [0.1, 0.15) is 5.82 Å². The number of benzene rings is 1. The summed E-state index contributed by atoms with van der Waals surface area (Å²) in [5, 5.41) is 0.610. The van der Waals surface area contributed by atoms with E-state index in [1.807, 2.05) is 0 Å². The number of halogens is 2. The summed E-state index contributed by atoms with van der Waals surface area (Å²) in [7, 11) is 0. The Labute approximate surface area is 115 Å². The molecule has 1 aromatic carbocycles. The van der Waals surface area contributed by atoms with Gasteiger partial charge in [-0.2, -0.15) is 0 Å². The van der Waals surface area contributed by atoms with Crippen molar-refractivity contribution in [2.75, 3.05) is 0 Å². The highest BCUT2D eigenvalue weighted by molar-refractivity contribution is 6.31. The van der Waals surface area contributed by atoms with Gasteiger partial charge < -0.3 is 5.73 Å². The summed E-state index contributed by atoms with van der Waals surface area (Å²) in [6, 6.07) is 4.54. The molecule has 0 radical (unpaired) electrons. The van der Waals surface area contributed by atoms with E-state index in [9.17, 15) is 4.39 Å². The molecule has 102 valence electrons. The van der Waals surface area contributed by atoms with E-state index in [1.54, 1.807) is 6.07 Å². The van der Waals surface area contributed by atoms with Crippen LogP contribution in [-0.2, 0) is 6.42 Å². The third-order valence-corrected chi connectivity index (χ3v) is 3.76. The number of nitrogens with two attached hydrogens (primary N) is 1. The maximum atomic E-state index is 13.2. The Kier molecular flexibility index (Phi) is 6.66. The average Bonchev–Trinajstić information content (AvgIpc) is 2.33. The quantitative estimate of drug-likeness (QED) is 0.773. The zero-order valence-electron chi connectivity index (χ0n) is 11.3. The summed E-state index contributed by atoms with van der Waals surface area (Å²) in [6.07, 6.45) is 5.18. The summed E-state index contributed by atoms with van der Waals surface area (Å²) in [6.45, 7) is 4.34. The van der Waals surface area contributed by atoms with Crippen molar-refractivity contribution in [3.05, 3.63) is 34.6 Å². The molecule has 0 bridgehead atoms. The predicted molar refractivity (Wildman–Crippen MR) is 76.4 cm³/mol. The zero-order chi connectivity index (χ0) is 13.5. The molecular formula is C15H23ClFN. The number of rotatable bonds is 7. The van der Waals surface area contributed by atoms with Gasteiger partial charge >= 0.3 is 0 Å². The van der Waals surface area contributed by atoms with Crippen molar-refractivity contribution in [2.45, 2.75) is 52.0 Å². The topological polar surface area (TPSA) is 26.0 Å². The molecule has 1 nitrogen and oxygen atoms in total. The van der Waals surface area contributed by atoms with Crippen molar-refractivity contribution in [1.82, 2.24) is 0 Å². The minimum atomic E-state index is -0.246. The first-order chi connectivity index (χ1) is 8.58. The van der Waals surface area contributed by atoms with Gasteiger partial charge in [0.15, 0.2) is 0 Å². The lowest BCUT2D eigenvalue weighted by molar-refractivity contribution is 0.359. The van der Waals surface area contributed by atoms with Crippen LogP contribution in [0.1, 0.15) is 45.1 Å². The second kappa shape index (κ2) is 7.75. The molecule has 18 heavy (non-hydrogen) atoms. The first kappa shape index (κ1) is 15.5. The summed E-state index contributed by atoms with van der Waals surface area (Å²) >= 11 is 6.08. The molecular weight excluding hydrogens is 249 g/mol. The van der Waals surface area contributed by atoms with Crippen molar-refractivity contribution < 1.29 is 4.39 Å².